The van der Waals surface area contributed by atoms with Crippen molar-refractivity contribution in [3.05, 3.63) is 34.5 Å². The van der Waals surface area contributed by atoms with Crippen molar-refractivity contribution in [1.29, 1.82) is 0 Å². The number of nitrogens with one attached hydrogen (secondary N) is 1. The number of hydrogen-bond acceptors (Lipinski definition) is 5. The summed E-state index contributed by atoms with van der Waals surface area (Å²) in [5.41, 5.74) is 0. The van der Waals surface area contributed by atoms with Gasteiger partial charge in [-0.2, -0.15) is 5.10 Å². The van der Waals surface area contributed by atoms with Gasteiger partial charge in [0.05, 0.1) is 6.54 Å². The van der Waals surface area contributed by atoms with Gasteiger partial charge in [0.25, 0.3) is 0 Å². The zero-order valence-corrected chi connectivity index (χ0v) is 9.81. The highest BCUT2D eigenvalue weighted by Crippen LogP contribution is 2.17. The van der Waals surface area contributed by atoms with E-state index in [0.29, 0.717) is 13.1 Å². The van der Waals surface area contributed by atoms with Gasteiger partial charge in [-0.05, 0) is 11.4 Å². The van der Waals surface area contributed by atoms with E-state index in [1.165, 1.54) is 0 Å². The van der Waals surface area contributed by atoms with Crippen LogP contribution >= 0.6 is 11.3 Å². The molecule has 86 valence electrons. The van der Waals surface area contributed by atoms with Crippen molar-refractivity contribution in [3.63, 3.8) is 0 Å². The predicted molar refractivity (Wildman–Crippen MR) is 62.0 cm³/mol. The maximum Gasteiger partial charge on any atom is 0.164 e. The van der Waals surface area contributed by atoms with Crippen molar-refractivity contribution >= 4 is 11.3 Å². The van der Waals surface area contributed by atoms with E-state index in [4.69, 9.17) is 0 Å². The minimum absolute atomic E-state index is 0.455. The summed E-state index contributed by atoms with van der Waals surface area (Å²) in [5, 5.41) is 19.0. The Morgan fingerprint density at radius 1 is 1.62 bits per heavy atom. The highest BCUT2D eigenvalue weighted by molar-refractivity contribution is 7.10. The molecule has 0 saturated carbocycles. The van der Waals surface area contributed by atoms with Crippen LogP contribution in [-0.2, 0) is 13.6 Å². The van der Waals surface area contributed by atoms with Crippen LogP contribution in [0.5, 0.6) is 0 Å². The van der Waals surface area contributed by atoms with Gasteiger partial charge >= 0.3 is 0 Å². The monoisotopic (exact) mass is 238 g/mol. The summed E-state index contributed by atoms with van der Waals surface area (Å²) >= 11 is 1.56. The van der Waals surface area contributed by atoms with Crippen LogP contribution in [-0.4, -0.2) is 26.4 Å². The van der Waals surface area contributed by atoms with Crippen LogP contribution in [0.2, 0.25) is 0 Å². The topological polar surface area (TPSA) is 63.0 Å². The SMILES string of the molecule is Cn1cnc(CNCC(O)c2cccs2)n1. The molecule has 0 amide bonds. The Labute approximate surface area is 97.8 Å². The second-order valence-corrected chi connectivity index (χ2v) is 4.48. The fraction of sp³-hybridized carbons (Fsp3) is 0.400. The van der Waals surface area contributed by atoms with E-state index in [-0.39, 0.29) is 0 Å². The third kappa shape index (κ3) is 2.88. The molecule has 2 N–H and O–H groups in total. The van der Waals surface area contributed by atoms with Crippen molar-refractivity contribution in [2.45, 2.75) is 12.6 Å². The highest BCUT2D eigenvalue weighted by Gasteiger charge is 2.08. The maximum absolute atomic E-state index is 9.79. The molecule has 6 heteroatoms. The molecule has 0 aliphatic carbocycles. The maximum atomic E-state index is 9.79. The molecule has 5 nitrogen and oxygen atoms in total. The first-order chi connectivity index (χ1) is 7.75. The van der Waals surface area contributed by atoms with Crippen molar-refractivity contribution < 1.29 is 5.11 Å². The molecule has 1 atom stereocenters. The van der Waals surface area contributed by atoms with Gasteiger partial charge < -0.3 is 10.4 Å². The first-order valence-corrected chi connectivity index (χ1v) is 5.90. The molecule has 2 rings (SSSR count). The molecule has 0 aliphatic heterocycles. The van der Waals surface area contributed by atoms with Gasteiger partial charge in [0.15, 0.2) is 5.82 Å². The second-order valence-electron chi connectivity index (χ2n) is 3.50. The first-order valence-electron chi connectivity index (χ1n) is 5.02. The fourth-order valence-corrected chi connectivity index (χ4v) is 2.08. The van der Waals surface area contributed by atoms with E-state index in [2.05, 4.69) is 15.4 Å². The largest absolute Gasteiger partial charge is 0.386 e. The molecule has 0 spiro atoms. The summed E-state index contributed by atoms with van der Waals surface area (Å²) < 4.78 is 1.66. The smallest absolute Gasteiger partial charge is 0.164 e. The molecule has 0 radical (unpaired) electrons. The lowest BCUT2D eigenvalue weighted by Crippen LogP contribution is -2.21. The average molecular weight is 238 g/mol. The van der Waals surface area contributed by atoms with E-state index in [1.807, 2.05) is 24.6 Å². The van der Waals surface area contributed by atoms with Crippen LogP contribution < -0.4 is 5.32 Å². The Hall–Kier alpha value is -1.24. The number of aliphatic hydroxyl groups is 1. The van der Waals surface area contributed by atoms with Crippen LogP contribution in [0.3, 0.4) is 0 Å². The summed E-state index contributed by atoms with van der Waals surface area (Å²) in [7, 11) is 1.83. The lowest BCUT2D eigenvalue weighted by molar-refractivity contribution is 0.178. The number of aliphatic hydroxyl groups excluding tert-OH is 1. The molecule has 2 heterocycles. The average Bonchev–Trinajstić information content (AvgIpc) is 2.89. The van der Waals surface area contributed by atoms with Crippen LogP contribution in [0.1, 0.15) is 16.8 Å². The Kier molecular flexibility index (Phi) is 3.66. The number of thiophene rings is 1. The molecule has 0 saturated heterocycles. The molecule has 2 aromatic heterocycles. The van der Waals surface area contributed by atoms with Gasteiger partial charge in [-0.1, -0.05) is 6.07 Å². The normalized spacial score (nSPS) is 12.9. The van der Waals surface area contributed by atoms with E-state index >= 15 is 0 Å². The molecule has 0 fully saturated rings. The van der Waals surface area contributed by atoms with Gasteiger partial charge in [-0.3, -0.25) is 4.68 Å². The van der Waals surface area contributed by atoms with Crippen LogP contribution in [0, 0.1) is 0 Å². The summed E-state index contributed by atoms with van der Waals surface area (Å²) in [5.74, 6) is 0.737. The standard InChI is InChI=1S/C10H14N4OS/c1-14-7-12-10(13-14)6-11-5-8(15)9-3-2-4-16-9/h2-4,7-8,11,15H,5-6H2,1H3. The first kappa shape index (κ1) is 11.3. The zero-order chi connectivity index (χ0) is 11.4. The second kappa shape index (κ2) is 5.20. The van der Waals surface area contributed by atoms with Gasteiger partial charge in [0, 0.05) is 18.5 Å². The van der Waals surface area contributed by atoms with Crippen LogP contribution in [0.4, 0.5) is 0 Å². The third-order valence-electron chi connectivity index (χ3n) is 2.14. The molecule has 0 aliphatic rings. The molecule has 0 bridgehead atoms. The lowest BCUT2D eigenvalue weighted by Gasteiger charge is -2.08. The Morgan fingerprint density at radius 2 is 2.50 bits per heavy atom. The zero-order valence-electron chi connectivity index (χ0n) is 9.00. The fourth-order valence-electron chi connectivity index (χ4n) is 1.37. The van der Waals surface area contributed by atoms with E-state index < -0.39 is 6.10 Å². The van der Waals surface area contributed by atoms with Gasteiger partial charge in [0.2, 0.25) is 0 Å². The summed E-state index contributed by atoms with van der Waals surface area (Å²) in [6.45, 7) is 1.09. The van der Waals surface area contributed by atoms with Crippen molar-refractivity contribution in [2.75, 3.05) is 6.54 Å². The number of nitrogens with zero attached hydrogens (tertiary/aromatic N) is 3. The summed E-state index contributed by atoms with van der Waals surface area (Å²) in [6, 6.07) is 3.86. The molecule has 0 aromatic carbocycles. The third-order valence-corrected chi connectivity index (χ3v) is 3.11. The van der Waals surface area contributed by atoms with E-state index in [0.717, 1.165) is 10.7 Å². The van der Waals surface area contributed by atoms with Crippen molar-refractivity contribution in [3.8, 4) is 0 Å². The molecule has 16 heavy (non-hydrogen) atoms. The molecular weight excluding hydrogens is 224 g/mol. The number of aromatic nitrogens is 3. The molecule has 1 unspecified atom stereocenters. The van der Waals surface area contributed by atoms with Gasteiger partial charge in [0.1, 0.15) is 12.4 Å². The van der Waals surface area contributed by atoms with Crippen molar-refractivity contribution in [2.24, 2.45) is 7.05 Å². The highest BCUT2D eigenvalue weighted by atomic mass is 32.1. The molecular formula is C10H14N4OS. The van der Waals surface area contributed by atoms with E-state index in [9.17, 15) is 5.11 Å². The Balaban J connectivity index is 1.76. The van der Waals surface area contributed by atoms with E-state index in [1.54, 1.807) is 22.3 Å². The number of rotatable bonds is 5. The Bertz CT molecular complexity index is 426. The minimum atomic E-state index is -0.455. The summed E-state index contributed by atoms with van der Waals surface area (Å²) in [6.07, 6.45) is 1.20. The number of hydrogen-bond donors (Lipinski definition) is 2. The molecule has 2 aromatic rings. The van der Waals surface area contributed by atoms with Gasteiger partial charge in [-0.25, -0.2) is 4.98 Å². The van der Waals surface area contributed by atoms with Crippen molar-refractivity contribution in [1.82, 2.24) is 20.1 Å². The summed E-state index contributed by atoms with van der Waals surface area (Å²) in [4.78, 5) is 5.06. The van der Waals surface area contributed by atoms with Gasteiger partial charge in [-0.15, -0.1) is 11.3 Å². The minimum Gasteiger partial charge on any atom is -0.386 e. The quantitative estimate of drug-likeness (QED) is 0.805. The predicted octanol–water partition coefficient (Wildman–Crippen LogP) is 0.700. The van der Waals surface area contributed by atoms with Crippen LogP contribution in [0.25, 0.3) is 0 Å². The van der Waals surface area contributed by atoms with Crippen LogP contribution in [0.15, 0.2) is 23.8 Å². The lowest BCUT2D eigenvalue weighted by atomic mass is 10.3. The Morgan fingerprint density at radius 3 is 3.12 bits per heavy atom. The number of aryl methyl sites for hydroxylation is 1.